The maximum atomic E-state index is 13.7. The summed E-state index contributed by atoms with van der Waals surface area (Å²) in [6, 6.07) is 11.8. The van der Waals surface area contributed by atoms with Gasteiger partial charge in [-0.15, -0.1) is 0 Å². The van der Waals surface area contributed by atoms with Crippen molar-refractivity contribution in [3.63, 3.8) is 0 Å². The minimum Gasteiger partial charge on any atom is -0.484 e. The van der Waals surface area contributed by atoms with Crippen molar-refractivity contribution in [3.05, 3.63) is 71.9 Å². The van der Waals surface area contributed by atoms with E-state index < -0.39 is 0 Å². The van der Waals surface area contributed by atoms with Gasteiger partial charge in [-0.1, -0.05) is 17.7 Å². The molecule has 0 bridgehead atoms. The van der Waals surface area contributed by atoms with E-state index in [0.717, 1.165) is 12.8 Å². The molecule has 0 aliphatic carbocycles. The number of halogens is 2. The number of nitrogens with one attached hydrogen (secondary N) is 1. The highest BCUT2D eigenvalue weighted by atomic mass is 35.5. The van der Waals surface area contributed by atoms with Crippen molar-refractivity contribution in [2.75, 3.05) is 25.0 Å². The number of nitrogens with zero attached hydrogens (tertiary/aromatic N) is 5. The number of aromatic nitrogens is 4. The van der Waals surface area contributed by atoms with Crippen LogP contribution in [0.4, 0.5) is 10.2 Å². The number of amides is 1. The van der Waals surface area contributed by atoms with Gasteiger partial charge in [0.15, 0.2) is 12.4 Å². The van der Waals surface area contributed by atoms with Gasteiger partial charge < -0.3 is 15.0 Å². The Balaban J connectivity index is 1.24. The molecule has 174 valence electrons. The van der Waals surface area contributed by atoms with Crippen LogP contribution in [0.1, 0.15) is 12.8 Å². The van der Waals surface area contributed by atoms with Crippen molar-refractivity contribution in [2.24, 2.45) is 0 Å². The topological polar surface area (TPSA) is 84.6 Å². The molecule has 1 fully saturated rings. The SMILES string of the molecule is O=C(COc1cccc(Cl)c1)N1CCCC(Nc2ccnc(-c3cnc4ccc(F)cn34)n2)C1. The van der Waals surface area contributed by atoms with E-state index in [-0.39, 0.29) is 24.4 Å². The lowest BCUT2D eigenvalue weighted by Crippen LogP contribution is -2.46. The number of hydrogen-bond donors (Lipinski definition) is 1. The number of pyridine rings is 1. The molecule has 0 radical (unpaired) electrons. The van der Waals surface area contributed by atoms with Crippen LogP contribution in [0.5, 0.6) is 5.75 Å². The van der Waals surface area contributed by atoms with Gasteiger partial charge in [0, 0.05) is 36.5 Å². The second kappa shape index (κ2) is 9.64. The second-order valence-electron chi connectivity index (χ2n) is 8.05. The lowest BCUT2D eigenvalue weighted by Gasteiger charge is -2.33. The molecule has 1 aromatic carbocycles. The number of fused-ring (bicyclic) bond motifs is 1. The molecule has 34 heavy (non-hydrogen) atoms. The van der Waals surface area contributed by atoms with E-state index in [4.69, 9.17) is 16.3 Å². The molecule has 1 N–H and O–H groups in total. The third-order valence-corrected chi connectivity index (χ3v) is 5.87. The zero-order valence-electron chi connectivity index (χ0n) is 18.2. The molecule has 0 saturated carbocycles. The van der Waals surface area contributed by atoms with E-state index in [1.807, 2.05) is 0 Å². The minimum atomic E-state index is -0.368. The summed E-state index contributed by atoms with van der Waals surface area (Å²) in [5.74, 6) is 1.18. The predicted molar refractivity (Wildman–Crippen MR) is 126 cm³/mol. The minimum absolute atomic E-state index is 0.0336. The van der Waals surface area contributed by atoms with Gasteiger partial charge >= 0.3 is 0 Å². The Morgan fingerprint density at radius 3 is 3.03 bits per heavy atom. The van der Waals surface area contributed by atoms with Crippen LogP contribution < -0.4 is 10.1 Å². The third-order valence-electron chi connectivity index (χ3n) is 5.64. The van der Waals surface area contributed by atoms with Crippen molar-refractivity contribution in [3.8, 4) is 17.3 Å². The highest BCUT2D eigenvalue weighted by molar-refractivity contribution is 6.30. The molecule has 0 spiro atoms. The summed E-state index contributed by atoms with van der Waals surface area (Å²) in [5.41, 5.74) is 1.21. The van der Waals surface area contributed by atoms with Gasteiger partial charge in [-0.3, -0.25) is 9.20 Å². The first-order chi connectivity index (χ1) is 16.5. The van der Waals surface area contributed by atoms with Crippen LogP contribution in [0, 0.1) is 5.82 Å². The molecular weight excluding hydrogens is 459 g/mol. The molecule has 1 aliphatic heterocycles. The lowest BCUT2D eigenvalue weighted by molar-refractivity contribution is -0.134. The zero-order chi connectivity index (χ0) is 23.5. The Morgan fingerprint density at radius 1 is 1.24 bits per heavy atom. The van der Waals surface area contributed by atoms with E-state index in [0.29, 0.717) is 46.8 Å². The number of piperidine rings is 1. The smallest absolute Gasteiger partial charge is 0.260 e. The van der Waals surface area contributed by atoms with Gasteiger partial charge in [0.05, 0.1) is 6.20 Å². The Bertz CT molecular complexity index is 1330. The number of anilines is 1. The number of imidazole rings is 1. The van der Waals surface area contributed by atoms with Crippen LogP contribution >= 0.6 is 11.6 Å². The van der Waals surface area contributed by atoms with Crippen LogP contribution in [-0.4, -0.2) is 55.9 Å². The average Bonchev–Trinajstić information content (AvgIpc) is 3.26. The number of ether oxygens (including phenoxy) is 1. The highest BCUT2D eigenvalue weighted by Crippen LogP contribution is 2.21. The standard InChI is InChI=1S/C24H22ClFN6O2/c25-16-3-1-5-19(11-16)34-15-23(33)31-10-2-4-18(14-31)29-21-8-9-27-24(30-21)20-12-28-22-7-6-17(26)13-32(20)22/h1,3,5-9,11-13,18H,2,4,10,14-15H2,(H,27,29,30). The number of carbonyl (C=O) groups excluding carboxylic acids is 1. The third kappa shape index (κ3) is 4.94. The van der Waals surface area contributed by atoms with Crippen molar-refractivity contribution < 1.29 is 13.9 Å². The predicted octanol–water partition coefficient (Wildman–Crippen LogP) is 4.07. The highest BCUT2D eigenvalue weighted by Gasteiger charge is 2.24. The summed E-state index contributed by atoms with van der Waals surface area (Å²) >= 11 is 5.97. The molecule has 8 nitrogen and oxygen atoms in total. The van der Waals surface area contributed by atoms with Crippen LogP contribution in [0.2, 0.25) is 5.02 Å². The fraction of sp³-hybridized carbons (Fsp3) is 0.250. The van der Waals surface area contributed by atoms with Crippen LogP contribution in [0.15, 0.2) is 61.1 Å². The second-order valence-corrected chi connectivity index (χ2v) is 8.49. The van der Waals surface area contributed by atoms with Crippen LogP contribution in [-0.2, 0) is 4.79 Å². The van der Waals surface area contributed by atoms with Crippen molar-refractivity contribution >= 4 is 29.0 Å². The lowest BCUT2D eigenvalue weighted by atomic mass is 10.1. The van der Waals surface area contributed by atoms with Crippen LogP contribution in [0.25, 0.3) is 17.2 Å². The summed E-state index contributed by atoms with van der Waals surface area (Å²) in [7, 11) is 0. The first kappa shape index (κ1) is 22.1. The normalized spacial score (nSPS) is 15.9. The Morgan fingerprint density at radius 2 is 2.15 bits per heavy atom. The maximum Gasteiger partial charge on any atom is 0.260 e. The number of benzene rings is 1. The Labute approximate surface area is 200 Å². The summed E-state index contributed by atoms with van der Waals surface area (Å²) in [6.07, 6.45) is 6.39. The van der Waals surface area contributed by atoms with E-state index in [1.165, 1.54) is 12.3 Å². The first-order valence-corrected chi connectivity index (χ1v) is 11.3. The van der Waals surface area contributed by atoms with Crippen LogP contribution in [0.3, 0.4) is 0 Å². The molecule has 4 aromatic rings. The maximum absolute atomic E-state index is 13.7. The fourth-order valence-electron chi connectivity index (χ4n) is 4.01. The number of likely N-dealkylation sites (tertiary alicyclic amines) is 1. The van der Waals surface area contributed by atoms with Gasteiger partial charge in [0.1, 0.15) is 28.7 Å². The Kier molecular flexibility index (Phi) is 6.27. The average molecular weight is 481 g/mol. The summed E-state index contributed by atoms with van der Waals surface area (Å²) < 4.78 is 20.9. The first-order valence-electron chi connectivity index (χ1n) is 10.9. The molecule has 10 heteroatoms. The van der Waals surface area contributed by atoms with E-state index >= 15 is 0 Å². The van der Waals surface area contributed by atoms with E-state index in [9.17, 15) is 9.18 Å². The molecule has 1 saturated heterocycles. The monoisotopic (exact) mass is 480 g/mol. The van der Waals surface area contributed by atoms with Gasteiger partial charge in [-0.05, 0) is 49.2 Å². The van der Waals surface area contributed by atoms with Gasteiger partial charge in [-0.2, -0.15) is 0 Å². The van der Waals surface area contributed by atoms with E-state index in [2.05, 4.69) is 20.3 Å². The summed E-state index contributed by atoms with van der Waals surface area (Å²) in [6.45, 7) is 1.17. The van der Waals surface area contributed by atoms with Crippen molar-refractivity contribution in [2.45, 2.75) is 18.9 Å². The van der Waals surface area contributed by atoms with Crippen molar-refractivity contribution in [1.29, 1.82) is 0 Å². The Hall–Kier alpha value is -3.72. The number of carbonyl (C=O) groups is 1. The fourth-order valence-corrected chi connectivity index (χ4v) is 4.19. The molecule has 1 unspecified atom stereocenters. The zero-order valence-corrected chi connectivity index (χ0v) is 19.0. The van der Waals surface area contributed by atoms with Gasteiger partial charge in [-0.25, -0.2) is 19.3 Å². The molecular formula is C24H22ClFN6O2. The number of rotatable bonds is 6. The largest absolute Gasteiger partial charge is 0.484 e. The van der Waals surface area contributed by atoms with Crippen molar-refractivity contribution in [1.82, 2.24) is 24.3 Å². The molecule has 1 amide bonds. The van der Waals surface area contributed by atoms with Gasteiger partial charge in [0.2, 0.25) is 0 Å². The summed E-state index contributed by atoms with van der Waals surface area (Å²) in [4.78, 5) is 27.7. The molecule has 1 aliphatic rings. The quantitative estimate of drug-likeness (QED) is 0.448. The molecule has 1 atom stereocenters. The van der Waals surface area contributed by atoms with Gasteiger partial charge in [0.25, 0.3) is 5.91 Å². The molecule has 5 rings (SSSR count). The van der Waals surface area contributed by atoms with E-state index in [1.54, 1.807) is 58.1 Å². The number of hydrogen-bond acceptors (Lipinski definition) is 6. The summed E-state index contributed by atoms with van der Waals surface area (Å²) in [5, 5.41) is 3.96. The molecule has 4 heterocycles. The molecule has 3 aromatic heterocycles.